The minimum absolute atomic E-state index is 0.0654. The summed E-state index contributed by atoms with van der Waals surface area (Å²) in [7, 11) is 1.73. The average Bonchev–Trinajstić information content (AvgIpc) is 2.72. The molecule has 2 heterocycles. The Balaban J connectivity index is 1.79. The summed E-state index contributed by atoms with van der Waals surface area (Å²) >= 11 is 0. The van der Waals surface area contributed by atoms with Gasteiger partial charge in [0.2, 0.25) is 5.91 Å². The van der Waals surface area contributed by atoms with Crippen molar-refractivity contribution >= 4 is 5.91 Å². The first kappa shape index (κ1) is 22.3. The molecule has 5 nitrogen and oxygen atoms in total. The second-order valence-corrected chi connectivity index (χ2v) is 9.41. The number of benzene rings is 1. The second-order valence-electron chi connectivity index (χ2n) is 9.41. The highest BCUT2D eigenvalue weighted by Gasteiger charge is 2.33. The number of piperidine rings is 1. The number of carbonyl (C=O) groups is 1. The summed E-state index contributed by atoms with van der Waals surface area (Å²) in [5.74, 6) is 1.32. The van der Waals surface area contributed by atoms with Crippen LogP contribution in [0.2, 0.25) is 0 Å². The maximum absolute atomic E-state index is 12.8. The molecule has 0 radical (unpaired) electrons. The SMILES string of the molecule is COc1ccc(C)cc1CN1CCC[C@@H]([C@@H](NC(=O)C(C)(C)C)c2ccccn2)C1. The number of ether oxygens (including phenoxy) is 1. The van der Waals surface area contributed by atoms with Crippen LogP contribution in [0.4, 0.5) is 0 Å². The molecule has 0 aliphatic carbocycles. The van der Waals surface area contributed by atoms with Crippen LogP contribution >= 0.6 is 0 Å². The van der Waals surface area contributed by atoms with Crippen LogP contribution in [-0.4, -0.2) is 36.0 Å². The molecule has 1 aromatic heterocycles. The predicted molar refractivity (Wildman–Crippen MR) is 120 cm³/mol. The second kappa shape index (κ2) is 9.61. The van der Waals surface area contributed by atoms with Gasteiger partial charge in [-0.3, -0.25) is 14.7 Å². The molecule has 0 bridgehead atoms. The first-order chi connectivity index (χ1) is 14.3. The molecule has 1 aliphatic heterocycles. The van der Waals surface area contributed by atoms with Crippen LogP contribution in [0.25, 0.3) is 0 Å². The number of pyridine rings is 1. The van der Waals surface area contributed by atoms with Gasteiger partial charge >= 0.3 is 0 Å². The van der Waals surface area contributed by atoms with E-state index in [1.807, 2.05) is 51.2 Å². The van der Waals surface area contributed by atoms with Crippen molar-refractivity contribution in [2.24, 2.45) is 11.3 Å². The number of carbonyl (C=O) groups excluding carboxylic acids is 1. The number of hydrogen-bond acceptors (Lipinski definition) is 4. The lowest BCUT2D eigenvalue weighted by molar-refractivity contribution is -0.130. The first-order valence-corrected chi connectivity index (χ1v) is 10.9. The molecule has 1 N–H and O–H groups in total. The molecule has 1 aromatic carbocycles. The number of nitrogens with one attached hydrogen (secondary N) is 1. The van der Waals surface area contributed by atoms with Crippen molar-refractivity contribution in [3.8, 4) is 5.75 Å². The van der Waals surface area contributed by atoms with E-state index in [4.69, 9.17) is 4.74 Å². The van der Waals surface area contributed by atoms with Crippen LogP contribution in [0.3, 0.4) is 0 Å². The van der Waals surface area contributed by atoms with Gasteiger partial charge in [0.25, 0.3) is 0 Å². The highest BCUT2D eigenvalue weighted by atomic mass is 16.5. The van der Waals surface area contributed by atoms with Crippen LogP contribution in [0.1, 0.15) is 56.5 Å². The molecular formula is C25H35N3O2. The zero-order chi connectivity index (χ0) is 21.7. The Morgan fingerprint density at radius 3 is 2.77 bits per heavy atom. The Morgan fingerprint density at radius 2 is 2.10 bits per heavy atom. The molecule has 1 fully saturated rings. The van der Waals surface area contributed by atoms with Crippen molar-refractivity contribution in [2.45, 2.75) is 53.1 Å². The number of amides is 1. The Labute approximate surface area is 180 Å². The molecule has 3 rings (SSSR count). The molecule has 0 spiro atoms. The van der Waals surface area contributed by atoms with Crippen molar-refractivity contribution in [1.82, 2.24) is 15.2 Å². The number of methoxy groups -OCH3 is 1. The lowest BCUT2D eigenvalue weighted by Crippen LogP contribution is -2.45. The maximum Gasteiger partial charge on any atom is 0.225 e. The standard InChI is InChI=1S/C25H35N3O2/c1-18-11-12-22(30-5)20(15-18)17-28-14-8-9-19(16-28)23(21-10-6-7-13-26-21)27-24(29)25(2,3)4/h6-7,10-13,15,19,23H,8-9,14,16-17H2,1-5H3,(H,27,29)/t19-,23-/m1/s1. The van der Waals surface area contributed by atoms with Gasteiger partial charge < -0.3 is 10.1 Å². The van der Waals surface area contributed by atoms with Gasteiger partial charge in [0.05, 0.1) is 18.8 Å². The van der Waals surface area contributed by atoms with Crippen molar-refractivity contribution in [3.05, 3.63) is 59.4 Å². The number of aromatic nitrogens is 1. The summed E-state index contributed by atoms with van der Waals surface area (Å²) in [6, 6.07) is 12.2. The van der Waals surface area contributed by atoms with Crippen LogP contribution in [0.15, 0.2) is 42.6 Å². The fourth-order valence-electron chi connectivity index (χ4n) is 4.13. The summed E-state index contributed by atoms with van der Waals surface area (Å²) in [4.78, 5) is 19.9. The number of nitrogens with zero attached hydrogens (tertiary/aromatic N) is 2. The van der Waals surface area contributed by atoms with Gasteiger partial charge in [0.1, 0.15) is 5.75 Å². The summed E-state index contributed by atoms with van der Waals surface area (Å²) < 4.78 is 5.58. The lowest BCUT2D eigenvalue weighted by Gasteiger charge is -2.38. The number of aryl methyl sites for hydroxylation is 1. The number of rotatable bonds is 6. The number of hydrogen-bond donors (Lipinski definition) is 1. The van der Waals surface area contributed by atoms with E-state index in [9.17, 15) is 4.79 Å². The highest BCUT2D eigenvalue weighted by Crippen LogP contribution is 2.32. The fraction of sp³-hybridized carbons (Fsp3) is 0.520. The molecular weight excluding hydrogens is 374 g/mol. The smallest absolute Gasteiger partial charge is 0.225 e. The van der Waals surface area contributed by atoms with Gasteiger partial charge in [0, 0.05) is 30.3 Å². The molecule has 0 unspecified atom stereocenters. The van der Waals surface area contributed by atoms with Gasteiger partial charge in [-0.25, -0.2) is 0 Å². The zero-order valence-corrected chi connectivity index (χ0v) is 18.9. The van der Waals surface area contributed by atoms with Gasteiger partial charge in [-0.2, -0.15) is 0 Å². The summed E-state index contributed by atoms with van der Waals surface area (Å²) in [6.45, 7) is 10.8. The van der Waals surface area contributed by atoms with E-state index in [1.165, 1.54) is 11.1 Å². The summed E-state index contributed by atoms with van der Waals surface area (Å²) in [5, 5.41) is 3.31. The molecule has 162 valence electrons. The van der Waals surface area contributed by atoms with E-state index in [2.05, 4.69) is 34.3 Å². The molecule has 2 atom stereocenters. The summed E-state index contributed by atoms with van der Waals surface area (Å²) in [5.41, 5.74) is 2.96. The lowest BCUT2D eigenvalue weighted by atomic mass is 9.86. The van der Waals surface area contributed by atoms with E-state index >= 15 is 0 Å². The van der Waals surface area contributed by atoms with Crippen LogP contribution < -0.4 is 10.1 Å². The van der Waals surface area contributed by atoms with Crippen LogP contribution in [0.5, 0.6) is 5.75 Å². The molecule has 30 heavy (non-hydrogen) atoms. The van der Waals surface area contributed by atoms with Crippen molar-refractivity contribution in [3.63, 3.8) is 0 Å². The minimum Gasteiger partial charge on any atom is -0.496 e. The monoisotopic (exact) mass is 409 g/mol. The van der Waals surface area contributed by atoms with E-state index < -0.39 is 5.41 Å². The topological polar surface area (TPSA) is 54.5 Å². The normalized spacial score (nSPS) is 18.6. The third-order valence-corrected chi connectivity index (χ3v) is 5.82. The Bertz CT molecular complexity index is 845. The van der Waals surface area contributed by atoms with E-state index in [0.717, 1.165) is 43.9 Å². The molecule has 1 saturated heterocycles. The van der Waals surface area contributed by atoms with E-state index in [1.54, 1.807) is 7.11 Å². The van der Waals surface area contributed by atoms with Gasteiger partial charge in [-0.1, -0.05) is 44.5 Å². The minimum atomic E-state index is -0.434. The zero-order valence-electron chi connectivity index (χ0n) is 18.9. The molecule has 1 aliphatic rings. The first-order valence-electron chi connectivity index (χ1n) is 10.9. The molecule has 1 amide bonds. The fourth-order valence-corrected chi connectivity index (χ4v) is 4.13. The van der Waals surface area contributed by atoms with Gasteiger partial charge in [0.15, 0.2) is 0 Å². The molecule has 0 saturated carbocycles. The average molecular weight is 410 g/mol. The van der Waals surface area contributed by atoms with Crippen molar-refractivity contribution < 1.29 is 9.53 Å². The third kappa shape index (κ3) is 5.60. The molecule has 2 aromatic rings. The van der Waals surface area contributed by atoms with Gasteiger partial charge in [-0.15, -0.1) is 0 Å². The van der Waals surface area contributed by atoms with Crippen molar-refractivity contribution in [2.75, 3.05) is 20.2 Å². The van der Waals surface area contributed by atoms with E-state index in [0.29, 0.717) is 5.92 Å². The third-order valence-electron chi connectivity index (χ3n) is 5.82. The maximum atomic E-state index is 12.8. The van der Waals surface area contributed by atoms with Crippen molar-refractivity contribution in [1.29, 1.82) is 0 Å². The Kier molecular flexibility index (Phi) is 7.14. The Hall–Kier alpha value is -2.40. The quantitative estimate of drug-likeness (QED) is 0.762. The van der Waals surface area contributed by atoms with E-state index in [-0.39, 0.29) is 11.9 Å². The summed E-state index contributed by atoms with van der Waals surface area (Å²) in [6.07, 6.45) is 3.99. The predicted octanol–water partition coefficient (Wildman–Crippen LogP) is 4.51. The molecule has 5 heteroatoms. The van der Waals surface area contributed by atoms with Gasteiger partial charge in [-0.05, 0) is 50.4 Å². The van der Waals surface area contributed by atoms with Crippen LogP contribution in [0, 0.1) is 18.3 Å². The van der Waals surface area contributed by atoms with Crippen LogP contribution in [-0.2, 0) is 11.3 Å². The largest absolute Gasteiger partial charge is 0.496 e. The number of likely N-dealkylation sites (tertiary alicyclic amines) is 1. The Morgan fingerprint density at radius 1 is 1.30 bits per heavy atom. The highest BCUT2D eigenvalue weighted by molar-refractivity contribution is 5.81.